The van der Waals surface area contributed by atoms with E-state index in [2.05, 4.69) is 10.2 Å². The number of ether oxygens (including phenoxy) is 2. The molecule has 0 aliphatic heterocycles. The van der Waals surface area contributed by atoms with Gasteiger partial charge in [0.2, 0.25) is 0 Å². The number of ketones is 1. The molecular weight excluding hydrogens is 428 g/mol. The van der Waals surface area contributed by atoms with Crippen LogP contribution in [0.5, 0.6) is 5.75 Å². The van der Waals surface area contributed by atoms with Crippen molar-refractivity contribution in [2.24, 2.45) is 0 Å². The van der Waals surface area contributed by atoms with Crippen LogP contribution in [0.15, 0.2) is 48.5 Å². The average molecular weight is 449 g/mol. The predicted octanol–water partition coefficient (Wildman–Crippen LogP) is 4.51. The lowest BCUT2D eigenvalue weighted by Gasteiger charge is -2.24. The molecule has 0 N–H and O–H groups in total. The Morgan fingerprint density at radius 1 is 1.06 bits per heavy atom. The Balaban J connectivity index is 1.68. The van der Waals surface area contributed by atoms with Gasteiger partial charge in [-0.2, -0.15) is 5.10 Å². The van der Waals surface area contributed by atoms with Gasteiger partial charge < -0.3 is 9.47 Å². The number of carbonyl (C=O) groups is 1. The van der Waals surface area contributed by atoms with E-state index in [4.69, 9.17) is 26.2 Å². The van der Waals surface area contributed by atoms with Crippen molar-refractivity contribution in [2.75, 3.05) is 14.2 Å². The summed E-state index contributed by atoms with van der Waals surface area (Å²) in [7, 11) is 3.27. The molecule has 8 heteroatoms. The Kier molecular flexibility index (Phi) is 5.36. The van der Waals surface area contributed by atoms with Gasteiger partial charge in [-0.15, -0.1) is 10.2 Å². The number of para-hydroxylation sites is 1. The maximum Gasteiger partial charge on any atom is 0.185 e. The van der Waals surface area contributed by atoms with Crippen molar-refractivity contribution in [1.29, 1.82) is 0 Å². The standard InChI is InChI=1S/C24H21ClN4O3/c1-31-13-18-22(14-7-9-16(25)10-8-14)24-27-26-23-19(29(24)28-18)11-15(12-20(23)30)17-5-3-4-6-21(17)32-2/h3-10,15H,11-13H2,1-2H3. The molecule has 32 heavy (non-hydrogen) atoms. The number of halogens is 1. The van der Waals surface area contributed by atoms with Crippen molar-refractivity contribution in [1.82, 2.24) is 19.8 Å². The SMILES string of the molecule is COCc1nn2c3c(nnc2c1-c1ccc(Cl)cc1)C(=O)CC(c1ccccc1OC)C3. The van der Waals surface area contributed by atoms with Crippen LogP contribution >= 0.6 is 11.6 Å². The first kappa shape index (κ1) is 20.6. The van der Waals surface area contributed by atoms with E-state index in [0.717, 1.165) is 33.8 Å². The van der Waals surface area contributed by atoms with Crippen molar-refractivity contribution < 1.29 is 14.3 Å². The highest BCUT2D eigenvalue weighted by molar-refractivity contribution is 6.30. The third-order valence-electron chi connectivity index (χ3n) is 5.84. The van der Waals surface area contributed by atoms with E-state index >= 15 is 0 Å². The van der Waals surface area contributed by atoms with Gasteiger partial charge >= 0.3 is 0 Å². The minimum Gasteiger partial charge on any atom is -0.496 e. The molecular formula is C24H21ClN4O3. The number of aromatic nitrogens is 4. The second-order valence-electron chi connectivity index (χ2n) is 7.76. The summed E-state index contributed by atoms with van der Waals surface area (Å²) in [4.78, 5) is 13.0. The van der Waals surface area contributed by atoms with E-state index in [1.54, 1.807) is 18.7 Å². The van der Waals surface area contributed by atoms with Crippen molar-refractivity contribution in [2.45, 2.75) is 25.4 Å². The van der Waals surface area contributed by atoms with Crippen molar-refractivity contribution in [3.8, 4) is 16.9 Å². The first-order valence-corrected chi connectivity index (χ1v) is 10.7. The molecule has 1 unspecified atom stereocenters. The summed E-state index contributed by atoms with van der Waals surface area (Å²) in [5.41, 5.74) is 5.18. The van der Waals surface area contributed by atoms with Gasteiger partial charge in [-0.1, -0.05) is 41.9 Å². The number of benzene rings is 2. The van der Waals surface area contributed by atoms with Crippen LogP contribution in [0.4, 0.5) is 0 Å². The molecule has 2 aromatic carbocycles. The number of carbonyl (C=O) groups excluding carboxylic acids is 1. The number of hydrogen-bond acceptors (Lipinski definition) is 6. The lowest BCUT2D eigenvalue weighted by atomic mass is 9.83. The fourth-order valence-electron chi connectivity index (χ4n) is 4.39. The van der Waals surface area contributed by atoms with Crippen LogP contribution in [-0.4, -0.2) is 39.8 Å². The summed E-state index contributed by atoms with van der Waals surface area (Å²) >= 11 is 6.08. The highest BCUT2D eigenvalue weighted by Gasteiger charge is 2.33. The quantitative estimate of drug-likeness (QED) is 0.447. The summed E-state index contributed by atoms with van der Waals surface area (Å²) in [5, 5.41) is 14.2. The van der Waals surface area contributed by atoms with E-state index in [1.165, 1.54) is 0 Å². The number of methoxy groups -OCH3 is 2. The van der Waals surface area contributed by atoms with Crippen LogP contribution in [0.1, 0.15) is 39.8 Å². The Morgan fingerprint density at radius 2 is 1.84 bits per heavy atom. The summed E-state index contributed by atoms with van der Waals surface area (Å²) < 4.78 is 12.7. The second kappa shape index (κ2) is 8.33. The summed E-state index contributed by atoms with van der Waals surface area (Å²) in [6.07, 6.45) is 0.950. The van der Waals surface area contributed by atoms with Crippen LogP contribution < -0.4 is 4.74 Å². The normalized spacial score (nSPS) is 15.7. The summed E-state index contributed by atoms with van der Waals surface area (Å²) in [5.74, 6) is 0.690. The van der Waals surface area contributed by atoms with Crippen LogP contribution in [0.25, 0.3) is 16.8 Å². The molecule has 0 fully saturated rings. The molecule has 1 aliphatic rings. The highest BCUT2D eigenvalue weighted by Crippen LogP contribution is 2.37. The molecule has 0 saturated heterocycles. The molecule has 0 amide bonds. The molecule has 0 saturated carbocycles. The number of hydrogen-bond donors (Lipinski definition) is 0. The molecule has 4 aromatic rings. The lowest BCUT2D eigenvalue weighted by Crippen LogP contribution is -2.24. The van der Waals surface area contributed by atoms with Crippen LogP contribution in [0.3, 0.4) is 0 Å². The van der Waals surface area contributed by atoms with Crippen molar-refractivity contribution >= 4 is 23.0 Å². The molecule has 1 atom stereocenters. The first-order chi connectivity index (χ1) is 15.6. The third kappa shape index (κ3) is 3.43. The first-order valence-electron chi connectivity index (χ1n) is 10.3. The average Bonchev–Trinajstić information content (AvgIpc) is 3.18. The van der Waals surface area contributed by atoms with E-state index < -0.39 is 0 Å². The van der Waals surface area contributed by atoms with Gasteiger partial charge in [0.25, 0.3) is 0 Å². The van der Waals surface area contributed by atoms with E-state index in [-0.39, 0.29) is 11.7 Å². The number of nitrogens with zero attached hydrogens (tertiary/aromatic N) is 4. The maximum atomic E-state index is 13.0. The van der Waals surface area contributed by atoms with E-state index in [9.17, 15) is 4.79 Å². The van der Waals surface area contributed by atoms with Crippen LogP contribution in [0, 0.1) is 0 Å². The minimum atomic E-state index is -0.0478. The Hall–Kier alpha value is -3.29. The smallest absolute Gasteiger partial charge is 0.185 e. The monoisotopic (exact) mass is 448 g/mol. The Labute approximate surface area is 190 Å². The molecule has 0 bridgehead atoms. The van der Waals surface area contributed by atoms with Crippen LogP contribution in [-0.2, 0) is 17.8 Å². The minimum absolute atomic E-state index is 0.0346. The Morgan fingerprint density at radius 3 is 2.59 bits per heavy atom. The fraction of sp³-hybridized carbons (Fsp3) is 0.250. The number of rotatable bonds is 5. The highest BCUT2D eigenvalue weighted by atomic mass is 35.5. The zero-order chi connectivity index (χ0) is 22.2. The van der Waals surface area contributed by atoms with Crippen molar-refractivity contribution in [3.63, 3.8) is 0 Å². The largest absolute Gasteiger partial charge is 0.496 e. The van der Waals surface area contributed by atoms with Gasteiger partial charge in [0.05, 0.1) is 30.7 Å². The maximum absolute atomic E-state index is 13.0. The molecule has 5 rings (SSSR count). The van der Waals surface area contributed by atoms with Gasteiger partial charge in [-0.25, -0.2) is 4.52 Å². The molecule has 162 valence electrons. The summed E-state index contributed by atoms with van der Waals surface area (Å²) in [6, 6.07) is 15.3. The molecule has 0 spiro atoms. The molecule has 2 heterocycles. The van der Waals surface area contributed by atoms with E-state index in [1.807, 2.05) is 48.5 Å². The zero-order valence-corrected chi connectivity index (χ0v) is 18.5. The van der Waals surface area contributed by atoms with Gasteiger partial charge in [0.15, 0.2) is 17.1 Å². The molecule has 1 aliphatic carbocycles. The number of Topliss-reactive ketones (excluding diaryl/α,β-unsaturated/α-hetero) is 1. The second-order valence-corrected chi connectivity index (χ2v) is 8.20. The van der Waals surface area contributed by atoms with E-state index in [0.29, 0.717) is 35.8 Å². The number of fused-ring (bicyclic) bond motifs is 3. The Bertz CT molecular complexity index is 1320. The van der Waals surface area contributed by atoms with Gasteiger partial charge in [-0.05, 0) is 35.7 Å². The van der Waals surface area contributed by atoms with Crippen LogP contribution in [0.2, 0.25) is 5.02 Å². The van der Waals surface area contributed by atoms with Gasteiger partial charge in [0.1, 0.15) is 5.75 Å². The summed E-state index contributed by atoms with van der Waals surface area (Å²) in [6.45, 7) is 0.306. The van der Waals surface area contributed by atoms with Crippen molar-refractivity contribution in [3.05, 3.63) is 76.2 Å². The topological polar surface area (TPSA) is 78.6 Å². The molecule has 0 radical (unpaired) electrons. The lowest BCUT2D eigenvalue weighted by molar-refractivity contribution is 0.0955. The third-order valence-corrected chi connectivity index (χ3v) is 6.09. The predicted molar refractivity (Wildman–Crippen MR) is 120 cm³/mol. The fourth-order valence-corrected chi connectivity index (χ4v) is 4.51. The molecule has 2 aromatic heterocycles. The van der Waals surface area contributed by atoms with Gasteiger partial charge in [-0.3, -0.25) is 4.79 Å². The van der Waals surface area contributed by atoms with Gasteiger partial charge in [0, 0.05) is 24.5 Å². The molecule has 7 nitrogen and oxygen atoms in total. The zero-order valence-electron chi connectivity index (χ0n) is 17.7.